The van der Waals surface area contributed by atoms with Crippen LogP contribution < -0.4 is 0 Å². The van der Waals surface area contributed by atoms with Crippen LogP contribution in [0.3, 0.4) is 0 Å². The normalized spacial score (nSPS) is 13.1. The van der Waals surface area contributed by atoms with E-state index in [0.717, 1.165) is 29.7 Å². The fraction of sp³-hybridized carbons (Fsp3) is 0.348. The molecule has 0 N–H and O–H groups in total. The molecule has 1 fully saturated rings. The molecule has 0 bridgehead atoms. The zero-order chi connectivity index (χ0) is 21.8. The molecule has 1 aliphatic rings. The number of carbonyl (C=O) groups excluding carboxylic acids is 1. The third-order valence-corrected chi connectivity index (χ3v) is 6.07. The number of hydrogen-bond donors (Lipinski definition) is 0. The van der Waals surface area contributed by atoms with Crippen molar-refractivity contribution in [2.45, 2.75) is 37.6 Å². The van der Waals surface area contributed by atoms with E-state index in [0.29, 0.717) is 41.8 Å². The average Bonchev–Trinajstić information content (AvgIpc) is 3.52. The molecule has 1 aromatic carbocycles. The minimum Gasteiger partial charge on any atom is -0.331 e. The van der Waals surface area contributed by atoms with Gasteiger partial charge < -0.3 is 4.90 Å². The standard InChI is InChI=1S/C23H24N6OS/c1-3-16-8-19(10-20(9-16)31-2)23(30)28(13-17-4-5-17)14-22-26-15-27-29(22)21-7-6-18(11-24)12-25-21/h6-10,12,15,17H,3-5,13-14H2,1-2H3. The summed E-state index contributed by atoms with van der Waals surface area (Å²) in [5, 5.41) is 13.3. The first-order valence-corrected chi connectivity index (χ1v) is 11.6. The SMILES string of the molecule is CCc1cc(SC)cc(C(=O)N(Cc2ncnn2-c2ccc(C#N)cn2)CC2CC2)c1. The fourth-order valence-corrected chi connectivity index (χ4v) is 3.95. The number of thioether (sulfide) groups is 1. The molecule has 0 saturated heterocycles. The van der Waals surface area contributed by atoms with Crippen molar-refractivity contribution in [1.82, 2.24) is 24.6 Å². The number of nitrogens with zero attached hydrogens (tertiary/aromatic N) is 6. The summed E-state index contributed by atoms with van der Waals surface area (Å²) in [4.78, 5) is 25.2. The maximum Gasteiger partial charge on any atom is 0.254 e. The predicted octanol–water partition coefficient (Wildman–Crippen LogP) is 3.87. The van der Waals surface area contributed by atoms with Crippen LogP contribution >= 0.6 is 11.8 Å². The lowest BCUT2D eigenvalue weighted by Gasteiger charge is -2.23. The van der Waals surface area contributed by atoms with Gasteiger partial charge in [-0.25, -0.2) is 9.97 Å². The van der Waals surface area contributed by atoms with Crippen molar-refractivity contribution in [3.05, 3.63) is 65.4 Å². The second-order valence-electron chi connectivity index (χ2n) is 7.66. The lowest BCUT2D eigenvalue weighted by molar-refractivity contribution is 0.0729. The number of aromatic nitrogens is 4. The molecule has 0 spiro atoms. The van der Waals surface area contributed by atoms with Gasteiger partial charge in [0.1, 0.15) is 12.4 Å². The van der Waals surface area contributed by atoms with Crippen LogP contribution in [-0.4, -0.2) is 43.4 Å². The molecule has 1 aliphatic carbocycles. The van der Waals surface area contributed by atoms with Crippen LogP contribution in [0.5, 0.6) is 0 Å². The summed E-state index contributed by atoms with van der Waals surface area (Å²) in [6.45, 7) is 3.15. The van der Waals surface area contributed by atoms with Crippen molar-refractivity contribution >= 4 is 17.7 Å². The van der Waals surface area contributed by atoms with E-state index in [1.54, 1.807) is 28.6 Å². The third kappa shape index (κ3) is 4.94. The average molecular weight is 433 g/mol. The highest BCUT2D eigenvalue weighted by Gasteiger charge is 2.29. The second kappa shape index (κ2) is 9.31. The van der Waals surface area contributed by atoms with Crippen molar-refractivity contribution in [2.75, 3.05) is 12.8 Å². The zero-order valence-electron chi connectivity index (χ0n) is 17.7. The van der Waals surface area contributed by atoms with Gasteiger partial charge in [-0.15, -0.1) is 11.8 Å². The zero-order valence-corrected chi connectivity index (χ0v) is 18.5. The van der Waals surface area contributed by atoms with Crippen LogP contribution in [0.25, 0.3) is 5.82 Å². The Morgan fingerprint density at radius 3 is 2.77 bits per heavy atom. The molecular weight excluding hydrogens is 408 g/mol. The van der Waals surface area contributed by atoms with Crippen molar-refractivity contribution in [1.29, 1.82) is 5.26 Å². The van der Waals surface area contributed by atoms with E-state index in [9.17, 15) is 4.79 Å². The van der Waals surface area contributed by atoms with Gasteiger partial charge in [-0.05, 0) is 67.3 Å². The Bertz CT molecular complexity index is 1090. The third-order valence-electron chi connectivity index (χ3n) is 5.36. The van der Waals surface area contributed by atoms with Crippen LogP contribution in [0, 0.1) is 17.2 Å². The van der Waals surface area contributed by atoms with E-state index in [-0.39, 0.29) is 5.91 Å². The first-order chi connectivity index (χ1) is 15.1. The molecule has 8 heteroatoms. The second-order valence-corrected chi connectivity index (χ2v) is 8.54. The maximum atomic E-state index is 13.5. The minimum atomic E-state index is 0.0137. The van der Waals surface area contributed by atoms with Gasteiger partial charge in [-0.2, -0.15) is 15.0 Å². The molecule has 4 rings (SSSR count). The topological polar surface area (TPSA) is 87.7 Å². The van der Waals surface area contributed by atoms with Gasteiger partial charge in [0.05, 0.1) is 12.1 Å². The summed E-state index contributed by atoms with van der Waals surface area (Å²) < 4.78 is 1.63. The van der Waals surface area contributed by atoms with Gasteiger partial charge in [-0.1, -0.05) is 6.92 Å². The van der Waals surface area contributed by atoms with Crippen molar-refractivity contribution in [3.8, 4) is 11.9 Å². The van der Waals surface area contributed by atoms with E-state index >= 15 is 0 Å². The number of benzene rings is 1. The molecule has 158 valence electrons. The molecule has 1 amide bonds. The molecule has 0 unspecified atom stereocenters. The highest BCUT2D eigenvalue weighted by atomic mass is 32.2. The molecule has 7 nitrogen and oxygen atoms in total. The van der Waals surface area contributed by atoms with E-state index in [1.165, 1.54) is 12.5 Å². The Labute approximate surface area is 186 Å². The van der Waals surface area contributed by atoms with Gasteiger partial charge >= 0.3 is 0 Å². The highest BCUT2D eigenvalue weighted by Crippen LogP contribution is 2.31. The lowest BCUT2D eigenvalue weighted by atomic mass is 10.1. The highest BCUT2D eigenvalue weighted by molar-refractivity contribution is 7.98. The van der Waals surface area contributed by atoms with Gasteiger partial charge in [0.15, 0.2) is 11.6 Å². The quantitative estimate of drug-likeness (QED) is 0.502. The monoisotopic (exact) mass is 432 g/mol. The number of carbonyl (C=O) groups is 1. The number of nitriles is 1. The molecular formula is C23H24N6OS. The van der Waals surface area contributed by atoms with E-state index < -0.39 is 0 Å². The number of aryl methyl sites for hydroxylation is 1. The molecule has 0 radical (unpaired) electrons. The van der Waals surface area contributed by atoms with E-state index in [2.05, 4.69) is 34.1 Å². The molecule has 31 heavy (non-hydrogen) atoms. The van der Waals surface area contributed by atoms with Crippen molar-refractivity contribution in [2.24, 2.45) is 5.92 Å². The molecule has 0 atom stereocenters. The van der Waals surface area contributed by atoms with E-state index in [4.69, 9.17) is 5.26 Å². The van der Waals surface area contributed by atoms with Crippen LogP contribution in [0.4, 0.5) is 0 Å². The smallest absolute Gasteiger partial charge is 0.254 e. The van der Waals surface area contributed by atoms with Crippen LogP contribution in [-0.2, 0) is 13.0 Å². The molecule has 0 aliphatic heterocycles. The van der Waals surface area contributed by atoms with Gasteiger partial charge in [0.25, 0.3) is 5.91 Å². The van der Waals surface area contributed by atoms with Gasteiger partial charge in [0, 0.05) is 23.2 Å². The Morgan fingerprint density at radius 2 is 2.13 bits per heavy atom. The Balaban J connectivity index is 1.62. The summed E-state index contributed by atoms with van der Waals surface area (Å²) in [7, 11) is 0. The van der Waals surface area contributed by atoms with Gasteiger partial charge in [-0.3, -0.25) is 4.79 Å². The van der Waals surface area contributed by atoms with Crippen LogP contribution in [0.1, 0.15) is 47.1 Å². The predicted molar refractivity (Wildman–Crippen MR) is 119 cm³/mol. The van der Waals surface area contributed by atoms with Crippen molar-refractivity contribution in [3.63, 3.8) is 0 Å². The lowest BCUT2D eigenvalue weighted by Crippen LogP contribution is -2.33. The van der Waals surface area contributed by atoms with Crippen LogP contribution in [0.15, 0.2) is 47.8 Å². The number of hydrogen-bond acceptors (Lipinski definition) is 6. The molecule has 3 aromatic rings. The summed E-state index contributed by atoms with van der Waals surface area (Å²) in [6.07, 6.45) is 8.19. The minimum absolute atomic E-state index is 0.0137. The Kier molecular flexibility index (Phi) is 6.33. The molecule has 2 aromatic heterocycles. The summed E-state index contributed by atoms with van der Waals surface area (Å²) >= 11 is 1.65. The van der Waals surface area contributed by atoms with Crippen LogP contribution in [0.2, 0.25) is 0 Å². The molecule has 2 heterocycles. The fourth-order valence-electron chi connectivity index (χ4n) is 3.43. The maximum absolute atomic E-state index is 13.5. The number of pyridine rings is 1. The Hall–Kier alpha value is -3.18. The number of amides is 1. The molecule has 1 saturated carbocycles. The summed E-state index contributed by atoms with van der Waals surface area (Å²) in [6, 6.07) is 11.6. The van der Waals surface area contributed by atoms with Crippen molar-refractivity contribution < 1.29 is 4.79 Å². The number of rotatable bonds is 8. The first kappa shape index (κ1) is 21.1. The largest absolute Gasteiger partial charge is 0.331 e. The summed E-state index contributed by atoms with van der Waals surface area (Å²) in [5.41, 5.74) is 2.36. The Morgan fingerprint density at radius 1 is 1.29 bits per heavy atom. The van der Waals surface area contributed by atoms with Gasteiger partial charge in [0.2, 0.25) is 0 Å². The first-order valence-electron chi connectivity index (χ1n) is 10.3. The summed E-state index contributed by atoms with van der Waals surface area (Å²) in [5.74, 6) is 1.77. The van der Waals surface area contributed by atoms with E-state index in [1.807, 2.05) is 23.3 Å².